The lowest BCUT2D eigenvalue weighted by molar-refractivity contribution is -0.137. The number of hydrogen-bond acceptors (Lipinski definition) is 2. The molecule has 0 aromatic heterocycles. The minimum absolute atomic E-state index is 0.0210. The maximum atomic E-state index is 13.3. The third-order valence-corrected chi connectivity index (χ3v) is 3.74. The van der Waals surface area contributed by atoms with Gasteiger partial charge in [0.25, 0.3) is 5.91 Å². The van der Waals surface area contributed by atoms with Gasteiger partial charge in [-0.3, -0.25) is 9.59 Å². The summed E-state index contributed by atoms with van der Waals surface area (Å²) in [6, 6.07) is 1.68. The molecule has 0 spiro atoms. The highest BCUT2D eigenvalue weighted by Gasteiger charge is 2.37. The van der Waals surface area contributed by atoms with E-state index in [1.165, 1.54) is 4.90 Å². The van der Waals surface area contributed by atoms with Crippen LogP contribution < -0.4 is 5.73 Å². The molecular formula is C14H14F4N2O2. The van der Waals surface area contributed by atoms with Crippen molar-refractivity contribution in [1.82, 2.24) is 4.90 Å². The first-order chi connectivity index (χ1) is 10.1. The van der Waals surface area contributed by atoms with E-state index in [1.807, 2.05) is 0 Å². The van der Waals surface area contributed by atoms with E-state index in [-0.39, 0.29) is 19.0 Å². The summed E-state index contributed by atoms with van der Waals surface area (Å²) < 4.78 is 51.3. The zero-order valence-electron chi connectivity index (χ0n) is 11.7. The molecule has 0 unspecified atom stereocenters. The number of carbonyl (C=O) groups is 2. The highest BCUT2D eigenvalue weighted by Crippen LogP contribution is 2.31. The van der Waals surface area contributed by atoms with E-state index in [0.29, 0.717) is 12.1 Å². The molecule has 1 heterocycles. The van der Waals surface area contributed by atoms with Crippen molar-refractivity contribution in [3.8, 4) is 0 Å². The van der Waals surface area contributed by atoms with Crippen LogP contribution in [0.1, 0.15) is 22.8 Å². The molecule has 2 rings (SSSR count). The molecule has 2 N–H and O–H groups in total. The molecule has 1 saturated heterocycles. The van der Waals surface area contributed by atoms with Gasteiger partial charge in [-0.2, -0.15) is 13.2 Å². The Labute approximate surface area is 123 Å². The minimum atomic E-state index is -4.74. The van der Waals surface area contributed by atoms with Crippen LogP contribution in [0.3, 0.4) is 0 Å². The molecule has 1 aliphatic heterocycles. The SMILES string of the molecule is C[C@@H]1CN(C(=O)c2cc(F)cc(C(F)(F)F)c2)C[C@H]1C(N)=O. The van der Waals surface area contributed by atoms with Gasteiger partial charge in [-0.1, -0.05) is 6.92 Å². The molecule has 1 aromatic rings. The molecule has 8 heteroatoms. The van der Waals surface area contributed by atoms with Crippen molar-refractivity contribution >= 4 is 11.8 Å². The summed E-state index contributed by atoms with van der Waals surface area (Å²) in [7, 11) is 0. The van der Waals surface area contributed by atoms with E-state index in [0.717, 1.165) is 6.07 Å². The van der Waals surface area contributed by atoms with Crippen molar-refractivity contribution in [2.75, 3.05) is 13.1 Å². The summed E-state index contributed by atoms with van der Waals surface area (Å²) in [6.45, 7) is 1.92. The number of nitrogens with two attached hydrogens (primary N) is 1. The fraction of sp³-hybridized carbons (Fsp3) is 0.429. The van der Waals surface area contributed by atoms with E-state index in [9.17, 15) is 27.2 Å². The Balaban J connectivity index is 2.27. The van der Waals surface area contributed by atoms with E-state index >= 15 is 0 Å². The topological polar surface area (TPSA) is 63.4 Å². The van der Waals surface area contributed by atoms with Gasteiger partial charge in [0.05, 0.1) is 11.5 Å². The molecule has 0 bridgehead atoms. The number of carbonyl (C=O) groups excluding carboxylic acids is 2. The van der Waals surface area contributed by atoms with Crippen molar-refractivity contribution in [2.24, 2.45) is 17.6 Å². The van der Waals surface area contributed by atoms with Crippen LogP contribution in [-0.2, 0) is 11.0 Å². The Morgan fingerprint density at radius 1 is 1.23 bits per heavy atom. The van der Waals surface area contributed by atoms with Crippen LogP contribution in [0.4, 0.5) is 17.6 Å². The first kappa shape index (κ1) is 16.3. The number of primary amides is 1. The summed E-state index contributed by atoms with van der Waals surface area (Å²) in [5, 5.41) is 0. The summed E-state index contributed by atoms with van der Waals surface area (Å²) >= 11 is 0. The number of rotatable bonds is 2. The van der Waals surface area contributed by atoms with Crippen LogP contribution in [0.25, 0.3) is 0 Å². The molecule has 0 saturated carbocycles. The molecule has 2 atom stereocenters. The van der Waals surface area contributed by atoms with Crippen LogP contribution in [0.5, 0.6) is 0 Å². The van der Waals surface area contributed by atoms with Gasteiger partial charge in [-0.25, -0.2) is 4.39 Å². The highest BCUT2D eigenvalue weighted by atomic mass is 19.4. The minimum Gasteiger partial charge on any atom is -0.369 e. The van der Waals surface area contributed by atoms with Gasteiger partial charge in [0.1, 0.15) is 5.82 Å². The monoisotopic (exact) mass is 318 g/mol. The Kier molecular flexibility index (Phi) is 4.12. The Morgan fingerprint density at radius 2 is 1.86 bits per heavy atom. The second-order valence-corrected chi connectivity index (χ2v) is 5.42. The normalized spacial score (nSPS) is 22.0. The summed E-state index contributed by atoms with van der Waals surface area (Å²) in [5.74, 6) is -3.22. The van der Waals surface area contributed by atoms with Crippen molar-refractivity contribution < 1.29 is 27.2 Å². The summed E-state index contributed by atoms with van der Waals surface area (Å²) in [6.07, 6.45) is -4.74. The summed E-state index contributed by atoms with van der Waals surface area (Å²) in [4.78, 5) is 24.7. The fourth-order valence-corrected chi connectivity index (χ4v) is 2.56. The maximum absolute atomic E-state index is 13.3. The molecule has 1 fully saturated rings. The predicted molar refractivity (Wildman–Crippen MR) is 69.2 cm³/mol. The third kappa shape index (κ3) is 3.20. The number of alkyl halides is 3. The molecule has 2 amide bonds. The van der Waals surface area contributed by atoms with Gasteiger partial charge in [0.15, 0.2) is 0 Å². The third-order valence-electron chi connectivity index (χ3n) is 3.74. The molecule has 1 aromatic carbocycles. The quantitative estimate of drug-likeness (QED) is 0.848. The van der Waals surface area contributed by atoms with Crippen LogP contribution in [0.15, 0.2) is 18.2 Å². The average Bonchev–Trinajstić information content (AvgIpc) is 2.78. The highest BCUT2D eigenvalue weighted by molar-refractivity contribution is 5.95. The van der Waals surface area contributed by atoms with Gasteiger partial charge in [-0.05, 0) is 24.1 Å². The van der Waals surface area contributed by atoms with Crippen LogP contribution in [0.2, 0.25) is 0 Å². The van der Waals surface area contributed by atoms with Gasteiger partial charge in [0, 0.05) is 18.7 Å². The van der Waals surface area contributed by atoms with Crippen molar-refractivity contribution in [3.05, 3.63) is 35.1 Å². The molecule has 1 aliphatic rings. The largest absolute Gasteiger partial charge is 0.416 e. The zero-order valence-corrected chi connectivity index (χ0v) is 11.7. The lowest BCUT2D eigenvalue weighted by atomic mass is 9.98. The number of amides is 2. The molecule has 22 heavy (non-hydrogen) atoms. The lowest BCUT2D eigenvalue weighted by Gasteiger charge is -2.17. The van der Waals surface area contributed by atoms with Gasteiger partial charge < -0.3 is 10.6 Å². The first-order valence-electron chi connectivity index (χ1n) is 6.56. The average molecular weight is 318 g/mol. The molecule has 4 nitrogen and oxygen atoms in total. The van der Waals surface area contributed by atoms with E-state index < -0.39 is 40.9 Å². The maximum Gasteiger partial charge on any atom is 0.416 e. The van der Waals surface area contributed by atoms with Crippen molar-refractivity contribution in [1.29, 1.82) is 0 Å². The summed E-state index contributed by atoms with van der Waals surface area (Å²) in [5.41, 5.74) is 3.58. The van der Waals surface area contributed by atoms with Gasteiger partial charge >= 0.3 is 6.18 Å². The van der Waals surface area contributed by atoms with Crippen LogP contribution in [-0.4, -0.2) is 29.8 Å². The van der Waals surface area contributed by atoms with Crippen molar-refractivity contribution in [2.45, 2.75) is 13.1 Å². The van der Waals surface area contributed by atoms with E-state index in [4.69, 9.17) is 5.73 Å². The van der Waals surface area contributed by atoms with Crippen LogP contribution >= 0.6 is 0 Å². The number of halogens is 4. The molecule has 0 aliphatic carbocycles. The molecular weight excluding hydrogens is 304 g/mol. The predicted octanol–water partition coefficient (Wildman–Crippen LogP) is 2.04. The first-order valence-corrected chi connectivity index (χ1v) is 6.56. The van der Waals surface area contributed by atoms with Gasteiger partial charge in [-0.15, -0.1) is 0 Å². The zero-order chi connectivity index (χ0) is 16.7. The Bertz CT molecular complexity index is 615. The molecule has 0 radical (unpaired) electrons. The Morgan fingerprint density at radius 3 is 2.36 bits per heavy atom. The number of nitrogens with zero attached hydrogens (tertiary/aromatic N) is 1. The van der Waals surface area contributed by atoms with E-state index in [2.05, 4.69) is 0 Å². The standard InChI is InChI=1S/C14H14F4N2O2/c1-7-5-20(6-11(7)12(19)21)13(22)8-2-9(14(16,17)18)4-10(15)3-8/h2-4,7,11H,5-6H2,1H3,(H2,19,21)/t7-,11-/m1/s1. The van der Waals surface area contributed by atoms with Crippen LogP contribution in [0, 0.1) is 17.7 Å². The second kappa shape index (κ2) is 5.58. The van der Waals surface area contributed by atoms with E-state index in [1.54, 1.807) is 6.92 Å². The smallest absolute Gasteiger partial charge is 0.369 e. The number of likely N-dealkylation sites (tertiary alicyclic amines) is 1. The fourth-order valence-electron chi connectivity index (χ4n) is 2.56. The molecule has 120 valence electrons. The lowest BCUT2D eigenvalue weighted by Crippen LogP contribution is -2.32. The number of hydrogen-bond donors (Lipinski definition) is 1. The number of benzene rings is 1. The van der Waals surface area contributed by atoms with Crippen molar-refractivity contribution in [3.63, 3.8) is 0 Å². The Hall–Kier alpha value is -2.12. The second-order valence-electron chi connectivity index (χ2n) is 5.42. The van der Waals surface area contributed by atoms with Gasteiger partial charge in [0.2, 0.25) is 5.91 Å².